The molecule has 2 N–H and O–H groups in total. The molecule has 124 valence electrons. The van der Waals surface area contributed by atoms with Crippen molar-refractivity contribution in [2.75, 3.05) is 11.9 Å². The van der Waals surface area contributed by atoms with E-state index in [0.29, 0.717) is 29.2 Å². The summed E-state index contributed by atoms with van der Waals surface area (Å²) in [5, 5.41) is 11.6. The summed E-state index contributed by atoms with van der Waals surface area (Å²) < 4.78 is 30.1. The van der Waals surface area contributed by atoms with Gasteiger partial charge in [0.05, 0.1) is 10.5 Å². The Kier molecular flexibility index (Phi) is 4.46. The van der Waals surface area contributed by atoms with Crippen LogP contribution in [0.25, 0.3) is 0 Å². The molecule has 0 saturated carbocycles. The molecule has 0 aliphatic carbocycles. The summed E-state index contributed by atoms with van der Waals surface area (Å²) >= 11 is 0. The highest BCUT2D eigenvalue weighted by Crippen LogP contribution is 2.25. The molecule has 0 fully saturated rings. The van der Waals surface area contributed by atoms with Crippen LogP contribution in [0.4, 0.5) is 10.1 Å². The van der Waals surface area contributed by atoms with Crippen LogP contribution in [0.15, 0.2) is 29.3 Å². The molecule has 1 unspecified atom stereocenters. The zero-order valence-corrected chi connectivity index (χ0v) is 13.7. The Bertz CT molecular complexity index is 885. The van der Waals surface area contributed by atoms with Crippen molar-refractivity contribution in [3.05, 3.63) is 47.0 Å². The van der Waals surface area contributed by atoms with Crippen molar-refractivity contribution in [2.45, 2.75) is 17.7 Å². The zero-order chi connectivity index (χ0) is 17.3. The fourth-order valence-electron chi connectivity index (χ4n) is 2.73. The van der Waals surface area contributed by atoms with Crippen LogP contribution in [0.1, 0.15) is 28.0 Å². The number of nitrogens with one attached hydrogen (secondary N) is 2. The lowest BCUT2D eigenvalue weighted by Crippen LogP contribution is -2.17. The number of anilines is 1. The lowest BCUT2D eigenvalue weighted by molar-refractivity contribution is 0.101. The summed E-state index contributed by atoms with van der Waals surface area (Å²) in [4.78, 5) is 13.3. The van der Waals surface area contributed by atoms with E-state index < -0.39 is 16.8 Å². The number of fused-ring (bicyclic) bond motifs is 1. The summed E-state index contributed by atoms with van der Waals surface area (Å²) in [6.07, 6.45) is 3.10. The van der Waals surface area contributed by atoms with Crippen molar-refractivity contribution >= 4 is 22.6 Å². The van der Waals surface area contributed by atoms with Crippen molar-refractivity contribution in [1.82, 2.24) is 9.29 Å². The van der Waals surface area contributed by atoms with Gasteiger partial charge in [0.25, 0.3) is 5.91 Å². The molecule has 1 amide bonds. The van der Waals surface area contributed by atoms with E-state index >= 15 is 0 Å². The minimum absolute atomic E-state index is 0.135. The Morgan fingerprint density at radius 1 is 1.50 bits per heavy atom. The van der Waals surface area contributed by atoms with E-state index in [-0.39, 0.29) is 11.5 Å². The molecule has 0 saturated heterocycles. The SMILES string of the molecule is Cn1cc2c(c1C(=O)Nc1ccc(F)c(C#N)c1)CCCNS2=O. The molecule has 24 heavy (non-hydrogen) atoms. The average molecular weight is 346 g/mol. The molecule has 0 radical (unpaired) electrons. The second kappa shape index (κ2) is 6.55. The number of benzene rings is 1. The van der Waals surface area contributed by atoms with Gasteiger partial charge in [-0.1, -0.05) is 0 Å². The number of hydrogen-bond acceptors (Lipinski definition) is 3. The first kappa shape index (κ1) is 16.4. The van der Waals surface area contributed by atoms with E-state index in [2.05, 4.69) is 10.0 Å². The fraction of sp³-hybridized carbons (Fsp3) is 0.250. The maximum atomic E-state index is 13.4. The van der Waals surface area contributed by atoms with Gasteiger partial charge < -0.3 is 9.88 Å². The number of aromatic nitrogens is 1. The second-order valence-corrected chi connectivity index (χ2v) is 6.72. The summed E-state index contributed by atoms with van der Waals surface area (Å²) in [6, 6.07) is 5.56. The van der Waals surface area contributed by atoms with Crippen LogP contribution in [-0.4, -0.2) is 21.2 Å². The standard InChI is InChI=1S/C16H15FN4O2S/c1-21-9-14-12(3-2-6-19-24(14)23)15(21)16(22)20-11-4-5-13(17)10(7-11)8-18/h4-5,7,9,19H,2-3,6H2,1H3,(H,20,22). The predicted octanol–water partition coefficient (Wildman–Crippen LogP) is 1.85. The molecule has 3 rings (SSSR count). The van der Waals surface area contributed by atoms with Crippen molar-refractivity contribution in [2.24, 2.45) is 7.05 Å². The number of nitrogens with zero attached hydrogens (tertiary/aromatic N) is 2. The summed E-state index contributed by atoms with van der Waals surface area (Å²) in [5.41, 5.74) is 1.37. The number of hydrogen-bond donors (Lipinski definition) is 2. The van der Waals surface area contributed by atoms with Crippen LogP contribution in [0.5, 0.6) is 0 Å². The molecular formula is C16H15FN4O2S. The van der Waals surface area contributed by atoms with Gasteiger partial charge >= 0.3 is 0 Å². The Labute approximate surface area is 140 Å². The van der Waals surface area contributed by atoms with E-state index in [1.165, 1.54) is 12.1 Å². The lowest BCUT2D eigenvalue weighted by atomic mass is 10.1. The van der Waals surface area contributed by atoms with E-state index in [1.807, 2.05) is 0 Å². The number of aryl methyl sites for hydroxylation is 1. The molecular weight excluding hydrogens is 331 g/mol. The smallest absolute Gasteiger partial charge is 0.272 e. The van der Waals surface area contributed by atoms with E-state index in [0.717, 1.165) is 18.1 Å². The third kappa shape index (κ3) is 2.96. The number of amides is 1. The maximum Gasteiger partial charge on any atom is 0.272 e. The van der Waals surface area contributed by atoms with Crippen LogP contribution in [0, 0.1) is 17.1 Å². The molecule has 1 aromatic carbocycles. The van der Waals surface area contributed by atoms with Crippen LogP contribution >= 0.6 is 0 Å². The number of carbonyl (C=O) groups is 1. The van der Waals surface area contributed by atoms with Gasteiger partial charge in [0.1, 0.15) is 28.6 Å². The lowest BCUT2D eigenvalue weighted by Gasteiger charge is -2.09. The van der Waals surface area contributed by atoms with Gasteiger partial charge in [-0.25, -0.2) is 13.3 Å². The van der Waals surface area contributed by atoms with Gasteiger partial charge in [-0.3, -0.25) is 4.79 Å². The van der Waals surface area contributed by atoms with Gasteiger partial charge in [0.15, 0.2) is 0 Å². The molecule has 6 nitrogen and oxygen atoms in total. The van der Waals surface area contributed by atoms with Crippen molar-refractivity contribution in [3.63, 3.8) is 0 Å². The third-order valence-corrected chi connectivity index (χ3v) is 5.06. The third-order valence-electron chi connectivity index (χ3n) is 3.84. The van der Waals surface area contributed by atoms with Gasteiger partial charge in [0.2, 0.25) is 0 Å². The Morgan fingerprint density at radius 3 is 3.04 bits per heavy atom. The van der Waals surface area contributed by atoms with Crippen LogP contribution in [-0.2, 0) is 24.5 Å². The number of rotatable bonds is 2. The van der Waals surface area contributed by atoms with Crippen molar-refractivity contribution < 1.29 is 13.4 Å². The van der Waals surface area contributed by atoms with E-state index in [1.54, 1.807) is 23.9 Å². The van der Waals surface area contributed by atoms with Crippen molar-refractivity contribution in [3.8, 4) is 6.07 Å². The molecule has 0 bridgehead atoms. The van der Waals surface area contributed by atoms with Crippen LogP contribution in [0.2, 0.25) is 0 Å². The monoisotopic (exact) mass is 346 g/mol. The quantitative estimate of drug-likeness (QED) is 0.870. The highest BCUT2D eigenvalue weighted by molar-refractivity contribution is 7.83. The van der Waals surface area contributed by atoms with Crippen LogP contribution < -0.4 is 10.0 Å². The van der Waals surface area contributed by atoms with Gasteiger partial charge in [0, 0.05) is 31.0 Å². The molecule has 1 aliphatic rings. The number of nitriles is 1. The average Bonchev–Trinajstić information content (AvgIpc) is 2.79. The molecule has 1 aromatic heterocycles. The number of carbonyl (C=O) groups excluding carboxylic acids is 1. The second-order valence-electron chi connectivity index (χ2n) is 5.46. The predicted molar refractivity (Wildman–Crippen MR) is 87.2 cm³/mol. The minimum atomic E-state index is -1.34. The van der Waals surface area contributed by atoms with Crippen LogP contribution in [0.3, 0.4) is 0 Å². The Morgan fingerprint density at radius 2 is 2.29 bits per heavy atom. The molecule has 1 aliphatic heterocycles. The van der Waals surface area contributed by atoms with Crippen molar-refractivity contribution in [1.29, 1.82) is 5.26 Å². The first-order valence-corrected chi connectivity index (χ1v) is 8.50. The molecule has 0 spiro atoms. The fourth-order valence-corrected chi connectivity index (χ4v) is 3.89. The molecule has 1 atom stereocenters. The zero-order valence-electron chi connectivity index (χ0n) is 12.9. The van der Waals surface area contributed by atoms with Gasteiger partial charge in [-0.2, -0.15) is 5.26 Å². The largest absolute Gasteiger partial charge is 0.345 e. The highest BCUT2D eigenvalue weighted by atomic mass is 32.2. The summed E-state index contributed by atoms with van der Waals surface area (Å²) in [5.74, 6) is -1.02. The molecule has 8 heteroatoms. The van der Waals surface area contributed by atoms with E-state index in [4.69, 9.17) is 5.26 Å². The van der Waals surface area contributed by atoms with Gasteiger partial charge in [-0.05, 0) is 31.0 Å². The molecule has 2 aromatic rings. The van der Waals surface area contributed by atoms with Gasteiger partial charge in [-0.15, -0.1) is 0 Å². The number of halogens is 1. The minimum Gasteiger partial charge on any atom is -0.345 e. The Balaban J connectivity index is 1.94. The highest BCUT2D eigenvalue weighted by Gasteiger charge is 2.25. The first-order valence-electron chi connectivity index (χ1n) is 7.35. The summed E-state index contributed by atoms with van der Waals surface area (Å²) in [6.45, 7) is 0.621. The first-order chi connectivity index (χ1) is 11.5. The summed E-state index contributed by atoms with van der Waals surface area (Å²) in [7, 11) is 0.378. The maximum absolute atomic E-state index is 13.4. The topological polar surface area (TPSA) is 86.9 Å². The normalized spacial score (nSPS) is 16.8. The molecule has 2 heterocycles. The van der Waals surface area contributed by atoms with E-state index in [9.17, 15) is 13.4 Å². The Hall–Kier alpha value is -2.50.